The molecule has 1 amide bonds. The van der Waals surface area contributed by atoms with E-state index in [-0.39, 0.29) is 49.4 Å². The Labute approximate surface area is 268 Å². The molecule has 0 bridgehead atoms. The van der Waals surface area contributed by atoms with Crippen LogP contribution >= 0.6 is 36.2 Å². The number of fused-ring (bicyclic) bond motifs is 1. The van der Waals surface area contributed by atoms with Crippen LogP contribution in [0.3, 0.4) is 0 Å². The number of benzene rings is 1. The maximum atomic E-state index is 14.2. The highest BCUT2D eigenvalue weighted by Gasteiger charge is 2.42. The van der Waals surface area contributed by atoms with Crippen molar-refractivity contribution < 1.29 is 19.4 Å². The van der Waals surface area contributed by atoms with Gasteiger partial charge in [-0.3, -0.25) is 9.78 Å². The van der Waals surface area contributed by atoms with Crippen molar-refractivity contribution in [3.8, 4) is 17.0 Å². The van der Waals surface area contributed by atoms with Crippen molar-refractivity contribution in [3.05, 3.63) is 66.1 Å². The van der Waals surface area contributed by atoms with Crippen LogP contribution in [0.5, 0.6) is 5.75 Å². The Morgan fingerprint density at radius 1 is 1.16 bits per heavy atom. The molecule has 0 unspecified atom stereocenters. The van der Waals surface area contributed by atoms with Crippen molar-refractivity contribution >= 4 is 52.3 Å². The van der Waals surface area contributed by atoms with Crippen LogP contribution in [0.4, 0.5) is 0 Å². The minimum absolute atomic E-state index is 0. The molecule has 0 spiro atoms. The number of amides is 1. The van der Waals surface area contributed by atoms with Gasteiger partial charge in [-0.25, -0.2) is 4.98 Å². The standard InChI is InChI=1S/C31H37N5O4S.2ClH/c1-39-20-31(38)13-6-5-9-26(31)36-21-34-27(28(36)22-7-3-2-4-8-22)30(37)35-16-15-32-19-23(35)11-17-40-25-10-14-33-24-12-18-41-29(24)25;;/h2-4,7-8,10,12,14,18,21,23,26,32,38H,5-6,9,11,13,15-17,19-20H2,1H3;2*1H/t23-,26-,31-;;/m1../s1. The zero-order valence-corrected chi connectivity index (χ0v) is 26.6. The van der Waals surface area contributed by atoms with Gasteiger partial charge in [0.1, 0.15) is 11.4 Å². The number of ether oxygens (including phenoxy) is 2. The molecule has 1 saturated heterocycles. The molecule has 1 aliphatic carbocycles. The first-order chi connectivity index (χ1) is 20.1. The fourth-order valence-corrected chi connectivity index (χ4v) is 7.16. The van der Waals surface area contributed by atoms with Crippen LogP contribution in [0.15, 0.2) is 60.4 Å². The van der Waals surface area contributed by atoms with E-state index in [1.807, 2.05) is 57.3 Å². The Balaban J connectivity index is 0.00000212. The summed E-state index contributed by atoms with van der Waals surface area (Å²) in [6, 6.07) is 13.5. The number of pyridine rings is 1. The number of imidazole rings is 1. The molecule has 4 aromatic rings. The number of rotatable bonds is 9. The van der Waals surface area contributed by atoms with Crippen LogP contribution < -0.4 is 10.1 Å². The fourth-order valence-electron chi connectivity index (χ4n) is 6.35. The predicted molar refractivity (Wildman–Crippen MR) is 174 cm³/mol. The van der Waals surface area contributed by atoms with Crippen molar-refractivity contribution in [2.75, 3.05) is 40.0 Å². The van der Waals surface area contributed by atoms with Crippen LogP contribution in [0.1, 0.15) is 48.6 Å². The Kier molecular flexibility index (Phi) is 11.4. The van der Waals surface area contributed by atoms with Crippen LogP contribution in [0.25, 0.3) is 21.5 Å². The smallest absolute Gasteiger partial charge is 0.275 e. The second-order valence-corrected chi connectivity index (χ2v) is 11.9. The fraction of sp³-hybridized carbons (Fsp3) is 0.452. The molecule has 9 nitrogen and oxygen atoms in total. The van der Waals surface area contributed by atoms with E-state index in [2.05, 4.69) is 10.3 Å². The third-order valence-electron chi connectivity index (χ3n) is 8.36. The first-order valence-corrected chi connectivity index (χ1v) is 15.3. The minimum Gasteiger partial charge on any atom is -0.492 e. The third-order valence-corrected chi connectivity index (χ3v) is 9.28. The summed E-state index contributed by atoms with van der Waals surface area (Å²) < 4.78 is 14.7. The van der Waals surface area contributed by atoms with E-state index in [1.54, 1.807) is 31.0 Å². The van der Waals surface area contributed by atoms with Gasteiger partial charge in [0.05, 0.1) is 41.5 Å². The summed E-state index contributed by atoms with van der Waals surface area (Å²) in [7, 11) is 1.62. The second-order valence-electron chi connectivity index (χ2n) is 11.0. The number of carbonyl (C=O) groups excluding carboxylic acids is 1. The lowest BCUT2D eigenvalue weighted by molar-refractivity contribution is -0.0893. The summed E-state index contributed by atoms with van der Waals surface area (Å²) in [5.41, 5.74) is 1.99. The molecule has 0 radical (unpaired) electrons. The number of aliphatic hydroxyl groups is 1. The molecule has 6 rings (SSSR count). The third kappa shape index (κ3) is 6.84. The van der Waals surface area contributed by atoms with Gasteiger partial charge in [-0.15, -0.1) is 36.2 Å². The highest BCUT2D eigenvalue weighted by molar-refractivity contribution is 7.17. The van der Waals surface area contributed by atoms with Gasteiger partial charge < -0.3 is 29.4 Å². The first kappa shape index (κ1) is 33.2. The minimum atomic E-state index is -1.02. The number of thiophene rings is 1. The molecule has 3 atom stereocenters. The van der Waals surface area contributed by atoms with E-state index in [1.165, 1.54) is 0 Å². The van der Waals surface area contributed by atoms with Crippen molar-refractivity contribution in [2.24, 2.45) is 0 Å². The average molecular weight is 649 g/mol. The number of carbonyl (C=O) groups is 1. The molecule has 4 heterocycles. The Bertz CT molecular complexity index is 1480. The molecular weight excluding hydrogens is 609 g/mol. The molecule has 2 fully saturated rings. The lowest BCUT2D eigenvalue weighted by Gasteiger charge is -2.41. The molecule has 2 N–H and O–H groups in total. The molecule has 1 aromatic carbocycles. The van der Waals surface area contributed by atoms with E-state index in [0.717, 1.165) is 53.0 Å². The molecule has 1 aliphatic heterocycles. The maximum Gasteiger partial charge on any atom is 0.275 e. The summed E-state index contributed by atoms with van der Waals surface area (Å²) in [5, 5.41) is 17.1. The second kappa shape index (κ2) is 14.8. The van der Waals surface area contributed by atoms with Crippen molar-refractivity contribution in [1.82, 2.24) is 24.8 Å². The predicted octanol–water partition coefficient (Wildman–Crippen LogP) is 5.38. The number of nitrogens with one attached hydrogen (secondary N) is 1. The van der Waals surface area contributed by atoms with Gasteiger partial charge in [-0.1, -0.05) is 43.2 Å². The Hall–Kier alpha value is -2.73. The molecule has 12 heteroatoms. The highest BCUT2D eigenvalue weighted by Crippen LogP contribution is 2.41. The van der Waals surface area contributed by atoms with Gasteiger partial charge in [-0.05, 0) is 30.4 Å². The van der Waals surface area contributed by atoms with Crippen molar-refractivity contribution in [2.45, 2.75) is 49.8 Å². The van der Waals surface area contributed by atoms with Gasteiger partial charge in [0, 0.05) is 51.0 Å². The summed E-state index contributed by atoms with van der Waals surface area (Å²) in [6.07, 6.45) is 7.58. The van der Waals surface area contributed by atoms with Crippen LogP contribution in [0, 0.1) is 0 Å². The number of piperazine rings is 1. The van der Waals surface area contributed by atoms with E-state index in [9.17, 15) is 9.90 Å². The summed E-state index contributed by atoms with van der Waals surface area (Å²) in [4.78, 5) is 25.3. The molecular formula is C31H39Cl2N5O4S. The van der Waals surface area contributed by atoms with Gasteiger partial charge in [0.2, 0.25) is 0 Å². The quantitative estimate of drug-likeness (QED) is 0.252. The topological polar surface area (TPSA) is 102 Å². The zero-order chi connectivity index (χ0) is 28.2. The highest BCUT2D eigenvalue weighted by atomic mass is 35.5. The van der Waals surface area contributed by atoms with Crippen LogP contribution in [0.2, 0.25) is 0 Å². The Morgan fingerprint density at radius 2 is 2.00 bits per heavy atom. The van der Waals surface area contributed by atoms with Crippen LogP contribution in [-0.4, -0.2) is 82.0 Å². The molecule has 232 valence electrons. The molecule has 3 aromatic heterocycles. The van der Waals surface area contributed by atoms with E-state index >= 15 is 0 Å². The number of halogens is 2. The van der Waals surface area contributed by atoms with Gasteiger partial charge in [0.25, 0.3) is 5.91 Å². The van der Waals surface area contributed by atoms with Gasteiger partial charge >= 0.3 is 0 Å². The molecule has 1 saturated carbocycles. The Morgan fingerprint density at radius 3 is 2.81 bits per heavy atom. The van der Waals surface area contributed by atoms with Crippen LogP contribution in [-0.2, 0) is 4.74 Å². The summed E-state index contributed by atoms with van der Waals surface area (Å²) in [5.74, 6) is 0.734. The maximum absolute atomic E-state index is 14.2. The number of methoxy groups -OCH3 is 1. The largest absolute Gasteiger partial charge is 0.492 e. The number of hydrogen-bond donors (Lipinski definition) is 2. The normalized spacial score (nSPS) is 22.0. The molecule has 2 aliphatic rings. The summed E-state index contributed by atoms with van der Waals surface area (Å²) in [6.45, 7) is 2.73. The summed E-state index contributed by atoms with van der Waals surface area (Å²) >= 11 is 1.62. The number of aromatic nitrogens is 3. The lowest BCUT2D eigenvalue weighted by atomic mass is 9.80. The van der Waals surface area contributed by atoms with E-state index in [4.69, 9.17) is 14.5 Å². The number of hydrogen-bond acceptors (Lipinski definition) is 8. The van der Waals surface area contributed by atoms with Crippen molar-refractivity contribution in [3.63, 3.8) is 0 Å². The van der Waals surface area contributed by atoms with Gasteiger partial charge in [-0.2, -0.15) is 0 Å². The average Bonchev–Trinajstić information content (AvgIpc) is 3.66. The number of nitrogens with zero attached hydrogens (tertiary/aromatic N) is 4. The van der Waals surface area contributed by atoms with E-state index < -0.39 is 5.60 Å². The zero-order valence-electron chi connectivity index (χ0n) is 24.2. The SMILES string of the molecule is COC[C@]1(O)CCCC[C@H]1n1cnc(C(=O)N2CCNC[C@H]2CCOc2ccnc3ccsc23)c1-c1ccccc1.Cl.Cl. The first-order valence-electron chi connectivity index (χ1n) is 14.4. The monoisotopic (exact) mass is 647 g/mol. The van der Waals surface area contributed by atoms with Crippen molar-refractivity contribution in [1.29, 1.82) is 0 Å². The lowest BCUT2D eigenvalue weighted by Crippen LogP contribution is -2.54. The molecule has 43 heavy (non-hydrogen) atoms. The van der Waals surface area contributed by atoms with E-state index in [0.29, 0.717) is 38.2 Å². The van der Waals surface area contributed by atoms with Gasteiger partial charge in [0.15, 0.2) is 5.69 Å².